The van der Waals surface area contributed by atoms with Gasteiger partial charge in [-0.25, -0.2) is 9.59 Å². The molecule has 0 atom stereocenters. The zero-order chi connectivity index (χ0) is 31.9. The molecule has 0 heterocycles. The number of hydrogen-bond acceptors (Lipinski definition) is 6. The molecule has 3 aromatic rings. The predicted molar refractivity (Wildman–Crippen MR) is 158 cm³/mol. The van der Waals surface area contributed by atoms with Gasteiger partial charge in [-0.2, -0.15) is 17.6 Å². The Morgan fingerprint density at radius 3 is 1.14 bits per heavy atom. The van der Waals surface area contributed by atoms with Crippen molar-refractivity contribution < 1.29 is 46.1 Å². The Labute approximate surface area is 255 Å². The quantitative estimate of drug-likeness (QED) is 0.0465. The number of ether oxygens (including phenoxy) is 4. The zero-order valence-corrected chi connectivity index (χ0v) is 25.1. The molecule has 6 nitrogen and oxygen atoms in total. The van der Waals surface area contributed by atoms with Gasteiger partial charge in [-0.3, -0.25) is 0 Å². The van der Waals surface area contributed by atoms with Gasteiger partial charge >= 0.3 is 11.9 Å². The van der Waals surface area contributed by atoms with Gasteiger partial charge in [0.05, 0.1) is 24.3 Å². The summed E-state index contributed by atoms with van der Waals surface area (Å²) in [5, 5.41) is 0. The molecular formula is C34H38F4O6. The van der Waals surface area contributed by atoms with Gasteiger partial charge in [-0.1, -0.05) is 65.2 Å². The first-order chi connectivity index (χ1) is 21.3. The standard InChI is InChI=1S/C34H38F4O6/c1-3-5-7-9-11-21-41-25-17-13-23(14-18-25)33(39)43-31-27(35)29(37)32(30(38)28(31)36)44-34(40)24-15-19-26(20-16-24)42-22-12-10-8-6-4-2/h13-20H,3-12,21-22H2,1-2H3. The van der Waals surface area contributed by atoms with Crippen LogP contribution in [0.1, 0.15) is 98.8 Å². The topological polar surface area (TPSA) is 71.1 Å². The Morgan fingerprint density at radius 1 is 0.500 bits per heavy atom. The van der Waals surface area contributed by atoms with E-state index in [1.807, 2.05) is 0 Å². The highest BCUT2D eigenvalue weighted by molar-refractivity contribution is 5.92. The molecule has 44 heavy (non-hydrogen) atoms. The highest BCUT2D eigenvalue weighted by Gasteiger charge is 2.31. The lowest BCUT2D eigenvalue weighted by Gasteiger charge is -2.13. The van der Waals surface area contributed by atoms with Crippen LogP contribution in [0.4, 0.5) is 17.6 Å². The summed E-state index contributed by atoms with van der Waals surface area (Å²) in [4.78, 5) is 25.0. The lowest BCUT2D eigenvalue weighted by Crippen LogP contribution is -2.16. The van der Waals surface area contributed by atoms with Gasteiger partial charge in [0, 0.05) is 0 Å². The van der Waals surface area contributed by atoms with Crippen LogP contribution in [-0.4, -0.2) is 25.2 Å². The summed E-state index contributed by atoms with van der Waals surface area (Å²) in [6, 6.07) is 11.0. The maximum absolute atomic E-state index is 14.7. The Balaban J connectivity index is 1.60. The fourth-order valence-electron chi connectivity index (χ4n) is 4.24. The molecule has 0 aliphatic carbocycles. The zero-order valence-electron chi connectivity index (χ0n) is 25.1. The second kappa shape index (κ2) is 17.9. The number of carbonyl (C=O) groups excluding carboxylic acids is 2. The van der Waals surface area contributed by atoms with Gasteiger partial charge in [0.2, 0.25) is 34.8 Å². The number of esters is 2. The summed E-state index contributed by atoms with van der Waals surface area (Å²) in [5.74, 6) is -12.9. The molecule has 0 aliphatic heterocycles. The highest BCUT2D eigenvalue weighted by atomic mass is 19.2. The third kappa shape index (κ3) is 9.99. The van der Waals surface area contributed by atoms with Crippen LogP contribution < -0.4 is 18.9 Å². The van der Waals surface area contributed by atoms with Crippen molar-refractivity contribution in [3.05, 3.63) is 82.9 Å². The van der Waals surface area contributed by atoms with Crippen molar-refractivity contribution in [1.29, 1.82) is 0 Å². The molecule has 0 N–H and O–H groups in total. The van der Waals surface area contributed by atoms with Gasteiger partial charge < -0.3 is 18.9 Å². The number of rotatable bonds is 18. The molecule has 0 amide bonds. The Bertz CT molecular complexity index is 1230. The van der Waals surface area contributed by atoms with Crippen LogP contribution in [0.5, 0.6) is 23.0 Å². The maximum Gasteiger partial charge on any atom is 0.343 e. The molecule has 0 radical (unpaired) electrons. The summed E-state index contributed by atoms with van der Waals surface area (Å²) >= 11 is 0. The largest absolute Gasteiger partial charge is 0.494 e. The molecule has 0 spiro atoms. The van der Waals surface area contributed by atoms with E-state index in [1.165, 1.54) is 48.5 Å². The van der Waals surface area contributed by atoms with E-state index < -0.39 is 46.7 Å². The van der Waals surface area contributed by atoms with Crippen molar-refractivity contribution in [3.8, 4) is 23.0 Å². The average Bonchev–Trinajstić information content (AvgIpc) is 3.04. The smallest absolute Gasteiger partial charge is 0.343 e. The van der Waals surface area contributed by atoms with Crippen LogP contribution in [0.25, 0.3) is 0 Å². The van der Waals surface area contributed by atoms with Crippen LogP contribution in [0.2, 0.25) is 0 Å². The Morgan fingerprint density at radius 2 is 0.818 bits per heavy atom. The normalized spacial score (nSPS) is 10.9. The van der Waals surface area contributed by atoms with E-state index in [-0.39, 0.29) is 11.1 Å². The molecule has 0 saturated heterocycles. The summed E-state index contributed by atoms with van der Waals surface area (Å²) in [6.45, 7) is 5.22. The number of carbonyl (C=O) groups is 2. The summed E-state index contributed by atoms with van der Waals surface area (Å²) < 4.78 is 79.4. The van der Waals surface area contributed by atoms with E-state index in [0.29, 0.717) is 24.7 Å². The molecule has 0 unspecified atom stereocenters. The SMILES string of the molecule is CCCCCCCOc1ccc(C(=O)Oc2c(F)c(F)c(OC(=O)c3ccc(OCCCCCCC)cc3)c(F)c2F)cc1. The Hall–Kier alpha value is -4.08. The van der Waals surface area contributed by atoms with E-state index in [1.54, 1.807) is 0 Å². The van der Waals surface area contributed by atoms with Crippen molar-refractivity contribution in [2.24, 2.45) is 0 Å². The van der Waals surface area contributed by atoms with Crippen LogP contribution in [-0.2, 0) is 0 Å². The molecule has 3 aromatic carbocycles. The molecule has 0 aromatic heterocycles. The monoisotopic (exact) mass is 618 g/mol. The number of hydrogen-bond donors (Lipinski definition) is 0. The summed E-state index contributed by atoms with van der Waals surface area (Å²) in [7, 11) is 0. The van der Waals surface area contributed by atoms with Gasteiger partial charge in [0.1, 0.15) is 11.5 Å². The van der Waals surface area contributed by atoms with Gasteiger partial charge in [0.15, 0.2) is 0 Å². The molecule has 10 heteroatoms. The molecular weight excluding hydrogens is 580 g/mol. The minimum absolute atomic E-state index is 0.140. The highest BCUT2D eigenvalue weighted by Crippen LogP contribution is 2.35. The third-order valence-electron chi connectivity index (χ3n) is 6.79. The molecule has 0 aliphatic rings. The second-order valence-corrected chi connectivity index (χ2v) is 10.3. The predicted octanol–water partition coefficient (Wildman–Crippen LogP) is 9.38. The maximum atomic E-state index is 14.7. The fourth-order valence-corrected chi connectivity index (χ4v) is 4.24. The first kappa shape index (κ1) is 34.4. The van der Waals surface area contributed by atoms with Gasteiger partial charge in [-0.05, 0) is 61.4 Å². The van der Waals surface area contributed by atoms with Crippen LogP contribution in [0, 0.1) is 23.3 Å². The lowest BCUT2D eigenvalue weighted by molar-refractivity contribution is 0.0690. The Kier molecular flexibility index (Phi) is 14.0. The van der Waals surface area contributed by atoms with Crippen LogP contribution in [0.15, 0.2) is 48.5 Å². The van der Waals surface area contributed by atoms with Crippen LogP contribution >= 0.6 is 0 Å². The first-order valence-electron chi connectivity index (χ1n) is 15.0. The fraction of sp³-hybridized carbons (Fsp3) is 0.412. The van der Waals surface area contributed by atoms with Gasteiger partial charge in [-0.15, -0.1) is 0 Å². The lowest BCUT2D eigenvalue weighted by atomic mass is 10.2. The van der Waals surface area contributed by atoms with E-state index >= 15 is 0 Å². The van der Waals surface area contributed by atoms with Crippen molar-refractivity contribution in [2.45, 2.75) is 78.1 Å². The molecule has 238 valence electrons. The summed E-state index contributed by atoms with van der Waals surface area (Å²) in [6.07, 6.45) is 10.6. The van der Waals surface area contributed by atoms with E-state index in [2.05, 4.69) is 23.3 Å². The van der Waals surface area contributed by atoms with Crippen molar-refractivity contribution in [2.75, 3.05) is 13.2 Å². The molecule has 0 saturated carbocycles. The van der Waals surface area contributed by atoms with E-state index in [9.17, 15) is 27.2 Å². The first-order valence-corrected chi connectivity index (χ1v) is 15.0. The second-order valence-electron chi connectivity index (χ2n) is 10.3. The molecule has 0 fully saturated rings. The minimum Gasteiger partial charge on any atom is -0.494 e. The number of benzene rings is 3. The average molecular weight is 619 g/mol. The van der Waals surface area contributed by atoms with Crippen molar-refractivity contribution in [1.82, 2.24) is 0 Å². The van der Waals surface area contributed by atoms with Crippen LogP contribution in [0.3, 0.4) is 0 Å². The van der Waals surface area contributed by atoms with E-state index in [0.717, 1.165) is 64.2 Å². The third-order valence-corrected chi connectivity index (χ3v) is 6.79. The number of unbranched alkanes of at least 4 members (excludes halogenated alkanes) is 8. The summed E-state index contributed by atoms with van der Waals surface area (Å²) in [5.41, 5.74) is -0.279. The number of halogens is 4. The van der Waals surface area contributed by atoms with Crippen molar-refractivity contribution in [3.63, 3.8) is 0 Å². The molecule has 0 bridgehead atoms. The minimum atomic E-state index is -2.04. The molecule has 3 rings (SSSR count). The van der Waals surface area contributed by atoms with Crippen molar-refractivity contribution >= 4 is 11.9 Å². The van der Waals surface area contributed by atoms with Gasteiger partial charge in [0.25, 0.3) is 0 Å². The van der Waals surface area contributed by atoms with E-state index in [4.69, 9.17) is 9.47 Å².